The number of nitrogens with zero attached hydrogens (tertiary/aromatic N) is 2. The minimum Gasteiger partial charge on any atom is -0.310 e. The van der Waals surface area contributed by atoms with Crippen LogP contribution < -0.4 is 9.80 Å². The van der Waals surface area contributed by atoms with Gasteiger partial charge >= 0.3 is 0 Å². The highest BCUT2D eigenvalue weighted by molar-refractivity contribution is 6.22. The van der Waals surface area contributed by atoms with Gasteiger partial charge in [-0.3, -0.25) is 0 Å². The Morgan fingerprint density at radius 2 is 0.440 bits per heavy atom. The van der Waals surface area contributed by atoms with Gasteiger partial charge in [-0.15, -0.1) is 0 Å². The van der Waals surface area contributed by atoms with Gasteiger partial charge in [0.05, 0.1) is 0 Å². The van der Waals surface area contributed by atoms with E-state index in [1.165, 1.54) is 86.9 Å². The molecule has 0 aliphatic carbocycles. The number of hydrogen-bond donors (Lipinski definition) is 0. The van der Waals surface area contributed by atoms with Crippen molar-refractivity contribution in [1.29, 1.82) is 0 Å². The van der Waals surface area contributed by atoms with E-state index in [9.17, 15) is 0 Å². The molecule has 0 bridgehead atoms. The second-order valence-corrected chi connectivity index (χ2v) is 21.7. The fourth-order valence-electron chi connectivity index (χ4n) is 12.3. The van der Waals surface area contributed by atoms with E-state index in [0.717, 1.165) is 56.4 Å². The monoisotopic (exact) mass is 1070 g/mol. The zero-order chi connectivity index (χ0) is 55.8. The molecule has 15 aromatic rings. The lowest BCUT2D eigenvalue weighted by molar-refractivity contribution is 1.29. The molecule has 15 rings (SSSR count). The highest BCUT2D eigenvalue weighted by atomic mass is 15.1. The molecule has 2 heteroatoms. The van der Waals surface area contributed by atoms with Crippen LogP contribution >= 0.6 is 0 Å². The minimum atomic E-state index is 1.10. The van der Waals surface area contributed by atoms with Crippen molar-refractivity contribution in [2.24, 2.45) is 0 Å². The third-order valence-electron chi connectivity index (χ3n) is 16.5. The second kappa shape index (κ2) is 21.8. The van der Waals surface area contributed by atoms with Crippen molar-refractivity contribution in [1.82, 2.24) is 0 Å². The molecule has 0 aliphatic rings. The molecule has 0 atom stereocenters. The van der Waals surface area contributed by atoms with E-state index in [1.807, 2.05) is 0 Å². The molecule has 0 N–H and O–H groups in total. The molecule has 0 spiro atoms. The van der Waals surface area contributed by atoms with E-state index in [0.29, 0.717) is 0 Å². The van der Waals surface area contributed by atoms with Crippen LogP contribution in [0.15, 0.2) is 315 Å². The maximum absolute atomic E-state index is 2.38. The molecule has 84 heavy (non-hydrogen) atoms. The van der Waals surface area contributed by atoms with Crippen LogP contribution in [0.4, 0.5) is 34.1 Å². The van der Waals surface area contributed by atoms with Crippen LogP contribution in [0.1, 0.15) is 22.3 Å². The van der Waals surface area contributed by atoms with Crippen molar-refractivity contribution in [3.63, 3.8) is 0 Å². The molecule has 0 saturated heterocycles. The van der Waals surface area contributed by atoms with Gasteiger partial charge in [0.2, 0.25) is 0 Å². The maximum atomic E-state index is 2.38. The van der Waals surface area contributed by atoms with E-state index in [-0.39, 0.29) is 0 Å². The molecular formula is C82H56N2. The summed E-state index contributed by atoms with van der Waals surface area (Å²) in [6.07, 6.45) is 8.99. The number of anilines is 6. The largest absolute Gasteiger partial charge is 0.310 e. The van der Waals surface area contributed by atoms with Crippen LogP contribution in [0.25, 0.3) is 111 Å². The molecule has 0 saturated carbocycles. The summed E-state index contributed by atoms with van der Waals surface area (Å²) in [6.45, 7) is 0. The molecule has 0 aromatic heterocycles. The van der Waals surface area contributed by atoms with Crippen LogP contribution in [0, 0.1) is 0 Å². The topological polar surface area (TPSA) is 6.48 Å². The first-order valence-electron chi connectivity index (χ1n) is 28.9. The van der Waals surface area contributed by atoms with Crippen LogP contribution in [0.3, 0.4) is 0 Å². The average Bonchev–Trinajstić information content (AvgIpc) is 1.30. The maximum Gasteiger partial charge on any atom is 0.0468 e. The van der Waals surface area contributed by atoms with Gasteiger partial charge in [-0.2, -0.15) is 0 Å². The number of benzene rings is 15. The zero-order valence-corrected chi connectivity index (χ0v) is 46.2. The first-order valence-corrected chi connectivity index (χ1v) is 28.9. The Balaban J connectivity index is 0.791. The van der Waals surface area contributed by atoms with Gasteiger partial charge in [0.1, 0.15) is 0 Å². The first kappa shape index (κ1) is 49.9. The van der Waals surface area contributed by atoms with E-state index in [1.54, 1.807) is 0 Å². The molecule has 2 nitrogen and oxygen atoms in total. The molecule has 0 heterocycles. The van der Waals surface area contributed by atoms with Crippen molar-refractivity contribution < 1.29 is 0 Å². The molecule has 15 aromatic carbocycles. The standard InChI is InChI=1S/C82H56N2/c1-3-19-65(20-4-1)81-77-49-35-59(29-27-57-31-41-71(42-32-57)83(73-45-37-61-15-7-11-23-67(61)53-73)74-46-38-62-16-8-12-24-68(62)54-74)51-79(77)80-52-60(36-50-78(80)82(81)66-21-5-2-6-22-66)30-28-58-33-43-72(44-34-58)84(75-47-39-63-17-9-13-25-69(63)55-75)76-48-40-64-18-10-14-26-70(64)56-76/h1-56H/b29-27+,30-28+. The molecule has 0 radical (unpaired) electrons. The van der Waals surface area contributed by atoms with Crippen molar-refractivity contribution in [3.05, 3.63) is 338 Å². The summed E-state index contributed by atoms with van der Waals surface area (Å²) in [6, 6.07) is 115. The predicted molar refractivity (Wildman–Crippen MR) is 362 cm³/mol. The molecule has 0 unspecified atom stereocenters. The van der Waals surface area contributed by atoms with E-state index in [2.05, 4.69) is 350 Å². The Morgan fingerprint density at radius 1 is 0.179 bits per heavy atom. The second-order valence-electron chi connectivity index (χ2n) is 21.7. The Hall–Kier alpha value is -11.1. The van der Waals surface area contributed by atoms with Crippen molar-refractivity contribution in [2.75, 3.05) is 9.80 Å². The molecule has 0 aliphatic heterocycles. The quantitative estimate of drug-likeness (QED) is 0.0889. The predicted octanol–water partition coefficient (Wildman–Crippen LogP) is 23.2. The van der Waals surface area contributed by atoms with Crippen LogP contribution in [-0.4, -0.2) is 0 Å². The average molecular weight is 1070 g/mol. The Bertz CT molecular complexity index is 4520. The van der Waals surface area contributed by atoms with Gasteiger partial charge in [0.15, 0.2) is 0 Å². The van der Waals surface area contributed by atoms with Gasteiger partial charge < -0.3 is 9.80 Å². The van der Waals surface area contributed by atoms with Crippen molar-refractivity contribution in [2.45, 2.75) is 0 Å². The van der Waals surface area contributed by atoms with E-state index in [4.69, 9.17) is 0 Å². The number of hydrogen-bond acceptors (Lipinski definition) is 2. The van der Waals surface area contributed by atoms with Gasteiger partial charge in [-0.05, 0) is 194 Å². The summed E-state index contributed by atoms with van der Waals surface area (Å²) in [5.41, 5.74) is 16.1. The van der Waals surface area contributed by atoms with Crippen LogP contribution in [0.2, 0.25) is 0 Å². The Morgan fingerprint density at radius 3 is 0.762 bits per heavy atom. The lowest BCUT2D eigenvalue weighted by Gasteiger charge is -2.26. The minimum absolute atomic E-state index is 1.10. The fourth-order valence-corrected chi connectivity index (χ4v) is 12.3. The summed E-state index contributed by atoms with van der Waals surface area (Å²) in [4.78, 5) is 4.73. The zero-order valence-electron chi connectivity index (χ0n) is 46.2. The smallest absolute Gasteiger partial charge is 0.0468 e. The summed E-state index contributed by atoms with van der Waals surface area (Å²) in [5.74, 6) is 0. The summed E-state index contributed by atoms with van der Waals surface area (Å²) in [7, 11) is 0. The third-order valence-corrected chi connectivity index (χ3v) is 16.5. The molecule has 0 fully saturated rings. The van der Waals surface area contributed by atoms with Crippen LogP contribution in [-0.2, 0) is 0 Å². The molecule has 394 valence electrons. The fraction of sp³-hybridized carbons (Fsp3) is 0. The summed E-state index contributed by atoms with van der Waals surface area (Å²) in [5, 5.41) is 14.6. The van der Waals surface area contributed by atoms with Gasteiger partial charge in [-0.25, -0.2) is 0 Å². The molecular weight excluding hydrogens is 1010 g/mol. The van der Waals surface area contributed by atoms with Gasteiger partial charge in [0.25, 0.3) is 0 Å². The lowest BCUT2D eigenvalue weighted by Crippen LogP contribution is -2.09. The van der Waals surface area contributed by atoms with Crippen LogP contribution in [0.5, 0.6) is 0 Å². The number of fused-ring (bicyclic) bond motifs is 7. The number of rotatable bonds is 12. The van der Waals surface area contributed by atoms with Crippen molar-refractivity contribution >= 4 is 123 Å². The Labute approximate surface area is 490 Å². The van der Waals surface area contributed by atoms with Gasteiger partial charge in [-0.1, -0.05) is 255 Å². The normalized spacial score (nSPS) is 11.7. The van der Waals surface area contributed by atoms with Gasteiger partial charge in [0, 0.05) is 34.1 Å². The van der Waals surface area contributed by atoms with E-state index < -0.39 is 0 Å². The van der Waals surface area contributed by atoms with Crippen molar-refractivity contribution in [3.8, 4) is 22.3 Å². The highest BCUT2D eigenvalue weighted by Crippen LogP contribution is 2.46. The summed E-state index contributed by atoms with van der Waals surface area (Å²) >= 11 is 0. The summed E-state index contributed by atoms with van der Waals surface area (Å²) < 4.78 is 0. The SMILES string of the molecule is C(=C\c1ccc2c(-c3ccccc3)c(-c3ccccc3)c3ccc(/C=C/c4ccc(N(c5ccc6ccccc6c5)c5ccc6ccccc6c5)cc4)cc3c2c1)/c1ccc(N(c2ccc3ccccc3c2)c2ccc3ccccc3c2)cc1. The highest BCUT2D eigenvalue weighted by Gasteiger charge is 2.20. The van der Waals surface area contributed by atoms with E-state index >= 15 is 0 Å². The Kier molecular flexibility index (Phi) is 12.9. The first-order chi connectivity index (χ1) is 41.6. The third kappa shape index (κ3) is 9.72. The lowest BCUT2D eigenvalue weighted by atomic mass is 9.84. The molecule has 0 amide bonds.